The number of nitrogens with one attached hydrogen (secondary N) is 2. The Balaban J connectivity index is 1.68. The second-order valence-electron chi connectivity index (χ2n) is 4.79. The van der Waals surface area contributed by atoms with Crippen molar-refractivity contribution in [1.29, 1.82) is 0 Å². The van der Waals surface area contributed by atoms with Gasteiger partial charge in [-0.2, -0.15) is 0 Å². The quantitative estimate of drug-likeness (QED) is 0.703. The molecule has 2 N–H and O–H groups in total. The van der Waals surface area contributed by atoms with Crippen molar-refractivity contribution >= 4 is 55.8 Å². The molecule has 0 saturated heterocycles. The number of benzene rings is 1. The predicted molar refractivity (Wildman–Crippen MR) is 95.8 cm³/mol. The van der Waals surface area contributed by atoms with Crippen molar-refractivity contribution in [2.45, 2.75) is 0 Å². The van der Waals surface area contributed by atoms with E-state index in [1.807, 2.05) is 6.07 Å². The largest absolute Gasteiger partial charge is 0.374 e. The van der Waals surface area contributed by atoms with Crippen LogP contribution in [0.1, 0.15) is 0 Å². The standard InChI is InChI=1S/C16H12BrClN4O/c17-10-7-14-16(21-8-10)13(5-6-19-14)20-9-15(23)22-12-3-1-11(18)2-4-12/h1-8H,9H2,(H,19,20)(H,22,23). The number of halogens is 2. The van der Waals surface area contributed by atoms with Gasteiger partial charge in [-0.1, -0.05) is 11.6 Å². The predicted octanol–water partition coefficient (Wildman–Crippen LogP) is 4.10. The molecule has 0 radical (unpaired) electrons. The third kappa shape index (κ3) is 3.97. The molecule has 0 aliphatic carbocycles. The van der Waals surface area contributed by atoms with Crippen LogP contribution in [0.15, 0.2) is 53.3 Å². The molecule has 5 nitrogen and oxygen atoms in total. The van der Waals surface area contributed by atoms with Crippen molar-refractivity contribution in [2.24, 2.45) is 0 Å². The van der Waals surface area contributed by atoms with E-state index in [9.17, 15) is 4.79 Å². The van der Waals surface area contributed by atoms with E-state index in [-0.39, 0.29) is 12.5 Å². The van der Waals surface area contributed by atoms with Gasteiger partial charge in [0.25, 0.3) is 0 Å². The summed E-state index contributed by atoms with van der Waals surface area (Å²) in [5.41, 5.74) is 2.93. The van der Waals surface area contributed by atoms with E-state index in [1.165, 1.54) is 0 Å². The second-order valence-corrected chi connectivity index (χ2v) is 6.14. The first-order chi connectivity index (χ1) is 11.1. The summed E-state index contributed by atoms with van der Waals surface area (Å²) in [5.74, 6) is -0.158. The normalized spacial score (nSPS) is 10.5. The molecular formula is C16H12BrClN4O. The fourth-order valence-electron chi connectivity index (χ4n) is 2.06. The highest BCUT2D eigenvalue weighted by Gasteiger charge is 2.07. The van der Waals surface area contributed by atoms with Crippen molar-refractivity contribution in [3.8, 4) is 0 Å². The summed E-state index contributed by atoms with van der Waals surface area (Å²) in [6.45, 7) is 0.124. The maximum Gasteiger partial charge on any atom is 0.243 e. The molecule has 7 heteroatoms. The zero-order valence-electron chi connectivity index (χ0n) is 11.9. The molecule has 0 saturated carbocycles. The Bertz CT molecular complexity index is 854. The maximum absolute atomic E-state index is 12.0. The summed E-state index contributed by atoms with van der Waals surface area (Å²) in [6, 6.07) is 10.6. The molecule has 2 heterocycles. The van der Waals surface area contributed by atoms with Crippen molar-refractivity contribution in [2.75, 3.05) is 17.2 Å². The lowest BCUT2D eigenvalue weighted by molar-refractivity contribution is -0.114. The van der Waals surface area contributed by atoms with Gasteiger partial charge in [-0.15, -0.1) is 0 Å². The van der Waals surface area contributed by atoms with E-state index in [0.29, 0.717) is 10.7 Å². The molecule has 2 aromatic heterocycles. The summed E-state index contributed by atoms with van der Waals surface area (Å²) >= 11 is 9.18. The molecule has 0 aliphatic heterocycles. The number of rotatable bonds is 4. The van der Waals surface area contributed by atoms with Gasteiger partial charge in [0.2, 0.25) is 5.91 Å². The number of amides is 1. The SMILES string of the molecule is O=C(CNc1ccnc2cc(Br)cnc12)Nc1ccc(Cl)cc1. The highest BCUT2D eigenvalue weighted by molar-refractivity contribution is 9.10. The molecule has 116 valence electrons. The van der Waals surface area contributed by atoms with E-state index in [0.717, 1.165) is 21.2 Å². The van der Waals surface area contributed by atoms with Crippen molar-refractivity contribution in [3.63, 3.8) is 0 Å². The van der Waals surface area contributed by atoms with Gasteiger partial charge in [-0.05, 0) is 52.3 Å². The van der Waals surface area contributed by atoms with Crippen LogP contribution in [-0.2, 0) is 4.79 Å². The summed E-state index contributed by atoms with van der Waals surface area (Å²) in [6.07, 6.45) is 3.37. The average molecular weight is 392 g/mol. The first kappa shape index (κ1) is 15.7. The van der Waals surface area contributed by atoms with E-state index in [4.69, 9.17) is 11.6 Å². The van der Waals surface area contributed by atoms with Crippen LogP contribution in [0.25, 0.3) is 11.0 Å². The topological polar surface area (TPSA) is 66.9 Å². The lowest BCUT2D eigenvalue weighted by Crippen LogP contribution is -2.21. The van der Waals surface area contributed by atoms with Gasteiger partial charge in [0.05, 0.1) is 17.7 Å². The van der Waals surface area contributed by atoms with Gasteiger partial charge in [-0.3, -0.25) is 14.8 Å². The number of carbonyl (C=O) groups excluding carboxylic acids is 1. The molecule has 3 rings (SSSR count). The summed E-state index contributed by atoms with van der Waals surface area (Å²) in [4.78, 5) is 20.6. The molecule has 0 spiro atoms. The molecule has 1 aromatic carbocycles. The van der Waals surface area contributed by atoms with Gasteiger partial charge >= 0.3 is 0 Å². The fourth-order valence-corrected chi connectivity index (χ4v) is 2.51. The Morgan fingerprint density at radius 3 is 2.74 bits per heavy atom. The Kier molecular flexibility index (Phi) is 4.73. The summed E-state index contributed by atoms with van der Waals surface area (Å²) in [5, 5.41) is 6.50. The van der Waals surface area contributed by atoms with Crippen LogP contribution in [0.2, 0.25) is 5.02 Å². The van der Waals surface area contributed by atoms with Crippen LogP contribution in [0.3, 0.4) is 0 Å². The van der Waals surface area contributed by atoms with Crippen LogP contribution < -0.4 is 10.6 Å². The van der Waals surface area contributed by atoms with Crippen LogP contribution in [0.4, 0.5) is 11.4 Å². The number of hydrogen-bond donors (Lipinski definition) is 2. The zero-order chi connectivity index (χ0) is 16.2. The zero-order valence-corrected chi connectivity index (χ0v) is 14.2. The lowest BCUT2D eigenvalue weighted by Gasteiger charge is -2.09. The smallest absolute Gasteiger partial charge is 0.243 e. The third-order valence-electron chi connectivity index (χ3n) is 3.11. The van der Waals surface area contributed by atoms with E-state index < -0.39 is 0 Å². The first-order valence-electron chi connectivity index (χ1n) is 6.81. The molecule has 0 fully saturated rings. The third-order valence-corrected chi connectivity index (χ3v) is 3.80. The van der Waals surface area contributed by atoms with E-state index >= 15 is 0 Å². The van der Waals surface area contributed by atoms with Gasteiger partial charge < -0.3 is 10.6 Å². The van der Waals surface area contributed by atoms with Crippen LogP contribution in [-0.4, -0.2) is 22.4 Å². The molecule has 3 aromatic rings. The van der Waals surface area contributed by atoms with Crippen LogP contribution in [0.5, 0.6) is 0 Å². The summed E-state index contributed by atoms with van der Waals surface area (Å²) < 4.78 is 0.857. The highest BCUT2D eigenvalue weighted by atomic mass is 79.9. The van der Waals surface area contributed by atoms with Crippen molar-refractivity contribution < 1.29 is 4.79 Å². The van der Waals surface area contributed by atoms with Gasteiger partial charge in [0.15, 0.2) is 0 Å². The minimum Gasteiger partial charge on any atom is -0.374 e. The number of nitrogens with zero attached hydrogens (tertiary/aromatic N) is 2. The molecule has 1 amide bonds. The molecule has 0 aliphatic rings. The van der Waals surface area contributed by atoms with E-state index in [2.05, 4.69) is 36.5 Å². The highest BCUT2D eigenvalue weighted by Crippen LogP contribution is 2.21. The van der Waals surface area contributed by atoms with Crippen LogP contribution in [0, 0.1) is 0 Å². The minimum absolute atomic E-state index is 0.124. The first-order valence-corrected chi connectivity index (χ1v) is 7.98. The van der Waals surface area contributed by atoms with E-state index in [1.54, 1.807) is 42.7 Å². The fraction of sp³-hybridized carbons (Fsp3) is 0.0625. The van der Waals surface area contributed by atoms with Gasteiger partial charge in [-0.25, -0.2) is 0 Å². The van der Waals surface area contributed by atoms with Crippen molar-refractivity contribution in [1.82, 2.24) is 9.97 Å². The number of aromatic nitrogens is 2. The Morgan fingerprint density at radius 1 is 1.17 bits per heavy atom. The number of anilines is 2. The number of carbonyl (C=O) groups is 1. The molecular weight excluding hydrogens is 380 g/mol. The Hall–Kier alpha value is -2.18. The van der Waals surface area contributed by atoms with Crippen LogP contribution >= 0.6 is 27.5 Å². The number of pyridine rings is 2. The second kappa shape index (κ2) is 6.93. The Labute approximate surface area is 146 Å². The molecule has 0 bridgehead atoms. The molecule has 0 unspecified atom stereocenters. The molecule has 0 atom stereocenters. The number of hydrogen-bond acceptors (Lipinski definition) is 4. The minimum atomic E-state index is -0.158. The average Bonchev–Trinajstić information content (AvgIpc) is 2.54. The molecule has 23 heavy (non-hydrogen) atoms. The summed E-state index contributed by atoms with van der Waals surface area (Å²) in [7, 11) is 0. The number of fused-ring (bicyclic) bond motifs is 1. The monoisotopic (exact) mass is 390 g/mol. The van der Waals surface area contributed by atoms with Crippen molar-refractivity contribution in [3.05, 3.63) is 58.3 Å². The van der Waals surface area contributed by atoms with Gasteiger partial charge in [0.1, 0.15) is 5.52 Å². The van der Waals surface area contributed by atoms with Gasteiger partial charge in [0, 0.05) is 27.6 Å². The lowest BCUT2D eigenvalue weighted by atomic mass is 10.3. The maximum atomic E-state index is 12.0. The Morgan fingerprint density at radius 2 is 1.96 bits per heavy atom.